The normalized spacial score (nSPS) is 26.7. The SMILES string of the molecule is CSCCCN1C[C@@H]2C[C@H](C1)c1ccc(CN3CCCCC3)c(=O)n1C2. The van der Waals surface area contributed by atoms with Gasteiger partial charge in [-0.05, 0) is 69.3 Å². The van der Waals surface area contributed by atoms with Crippen LogP contribution in [0.3, 0.4) is 0 Å². The molecular weight excluding hydrogens is 342 g/mol. The molecule has 2 fully saturated rings. The van der Waals surface area contributed by atoms with Crippen LogP contribution in [0.5, 0.6) is 0 Å². The van der Waals surface area contributed by atoms with Crippen molar-refractivity contribution in [2.45, 2.75) is 51.1 Å². The van der Waals surface area contributed by atoms with Crippen molar-refractivity contribution in [2.24, 2.45) is 5.92 Å². The molecule has 0 spiro atoms. The van der Waals surface area contributed by atoms with Gasteiger partial charge >= 0.3 is 0 Å². The molecule has 1 aromatic rings. The van der Waals surface area contributed by atoms with E-state index in [4.69, 9.17) is 0 Å². The molecule has 0 aliphatic carbocycles. The van der Waals surface area contributed by atoms with E-state index in [1.54, 1.807) is 0 Å². The maximum absolute atomic E-state index is 13.1. The van der Waals surface area contributed by atoms with Gasteiger partial charge in [0.15, 0.2) is 0 Å². The van der Waals surface area contributed by atoms with Gasteiger partial charge in [-0.3, -0.25) is 9.69 Å². The second-order valence-electron chi connectivity index (χ2n) is 8.44. The maximum Gasteiger partial charge on any atom is 0.255 e. The molecule has 2 bridgehead atoms. The van der Waals surface area contributed by atoms with Crippen molar-refractivity contribution >= 4 is 11.8 Å². The maximum atomic E-state index is 13.1. The van der Waals surface area contributed by atoms with E-state index < -0.39 is 0 Å². The molecule has 0 saturated carbocycles. The molecule has 0 unspecified atom stereocenters. The van der Waals surface area contributed by atoms with Gasteiger partial charge in [0.1, 0.15) is 0 Å². The van der Waals surface area contributed by atoms with Crippen molar-refractivity contribution in [1.29, 1.82) is 0 Å². The molecular formula is C21H33N3OS. The van der Waals surface area contributed by atoms with E-state index in [1.807, 2.05) is 11.8 Å². The molecule has 2 atom stereocenters. The third-order valence-corrected chi connectivity index (χ3v) is 7.12. The minimum absolute atomic E-state index is 0.290. The van der Waals surface area contributed by atoms with Crippen molar-refractivity contribution < 1.29 is 0 Å². The summed E-state index contributed by atoms with van der Waals surface area (Å²) in [6, 6.07) is 4.41. The van der Waals surface area contributed by atoms with Crippen LogP contribution in [0.25, 0.3) is 0 Å². The second kappa shape index (κ2) is 8.49. The van der Waals surface area contributed by atoms with E-state index >= 15 is 0 Å². The highest BCUT2D eigenvalue weighted by atomic mass is 32.2. The zero-order chi connectivity index (χ0) is 17.9. The highest BCUT2D eigenvalue weighted by molar-refractivity contribution is 7.98. The number of nitrogens with zero attached hydrogens (tertiary/aromatic N) is 3. The minimum Gasteiger partial charge on any atom is -0.312 e. The summed E-state index contributed by atoms with van der Waals surface area (Å²) in [7, 11) is 0. The Labute approximate surface area is 161 Å². The molecule has 0 aromatic carbocycles. The number of hydrogen-bond donors (Lipinski definition) is 0. The van der Waals surface area contributed by atoms with Gasteiger partial charge in [0.05, 0.1) is 0 Å². The molecule has 1 aromatic heterocycles. The predicted molar refractivity (Wildman–Crippen MR) is 110 cm³/mol. The molecule has 4 nitrogen and oxygen atoms in total. The van der Waals surface area contributed by atoms with Crippen molar-refractivity contribution in [3.8, 4) is 0 Å². The van der Waals surface area contributed by atoms with E-state index in [0.717, 1.165) is 38.3 Å². The minimum atomic E-state index is 0.290. The number of likely N-dealkylation sites (tertiary alicyclic amines) is 2. The predicted octanol–water partition coefficient (Wildman–Crippen LogP) is 3.01. The third-order valence-electron chi connectivity index (χ3n) is 6.42. The van der Waals surface area contributed by atoms with Crippen molar-refractivity contribution in [2.75, 3.05) is 44.7 Å². The molecule has 26 heavy (non-hydrogen) atoms. The fourth-order valence-corrected chi connectivity index (χ4v) is 5.60. The fraction of sp³-hybridized carbons (Fsp3) is 0.762. The van der Waals surface area contributed by atoms with E-state index in [2.05, 4.69) is 32.8 Å². The van der Waals surface area contributed by atoms with E-state index in [9.17, 15) is 4.79 Å². The first kappa shape index (κ1) is 18.6. The van der Waals surface area contributed by atoms with Gasteiger partial charge in [0.2, 0.25) is 0 Å². The second-order valence-corrected chi connectivity index (χ2v) is 9.43. The number of rotatable bonds is 6. The van der Waals surface area contributed by atoms with Crippen LogP contribution < -0.4 is 5.56 Å². The summed E-state index contributed by atoms with van der Waals surface area (Å²) in [4.78, 5) is 18.2. The Hall–Kier alpha value is -0.780. The first-order chi connectivity index (χ1) is 12.7. The number of thioether (sulfide) groups is 1. The Balaban J connectivity index is 1.48. The Kier molecular flexibility index (Phi) is 6.07. The summed E-state index contributed by atoms with van der Waals surface area (Å²) in [5.41, 5.74) is 2.59. The molecule has 0 N–H and O–H groups in total. The van der Waals surface area contributed by atoms with Crippen LogP contribution in [0.15, 0.2) is 16.9 Å². The summed E-state index contributed by atoms with van der Waals surface area (Å²) in [5.74, 6) is 2.45. The molecule has 0 amide bonds. The Morgan fingerprint density at radius 3 is 2.73 bits per heavy atom. The summed E-state index contributed by atoms with van der Waals surface area (Å²) >= 11 is 1.94. The number of piperidine rings is 2. The number of pyridine rings is 1. The lowest BCUT2D eigenvalue weighted by Gasteiger charge is -2.43. The molecule has 4 rings (SSSR count). The zero-order valence-electron chi connectivity index (χ0n) is 16.2. The topological polar surface area (TPSA) is 28.5 Å². The van der Waals surface area contributed by atoms with E-state index in [1.165, 1.54) is 56.6 Å². The highest BCUT2D eigenvalue weighted by Crippen LogP contribution is 2.35. The summed E-state index contributed by atoms with van der Waals surface area (Å²) in [6.07, 6.45) is 8.64. The average Bonchev–Trinajstić information content (AvgIpc) is 2.65. The average molecular weight is 376 g/mol. The molecule has 3 aliphatic heterocycles. The number of hydrogen-bond acceptors (Lipinski definition) is 4. The summed E-state index contributed by atoms with van der Waals surface area (Å²) in [6.45, 7) is 7.59. The van der Waals surface area contributed by atoms with Crippen LogP contribution in [0, 0.1) is 5.92 Å². The van der Waals surface area contributed by atoms with Gasteiger partial charge < -0.3 is 9.47 Å². The lowest BCUT2D eigenvalue weighted by Crippen LogP contribution is -2.48. The van der Waals surface area contributed by atoms with E-state index in [0.29, 0.717) is 17.4 Å². The number of fused-ring (bicyclic) bond motifs is 4. The fourth-order valence-electron chi connectivity index (χ4n) is 5.18. The molecule has 4 heterocycles. The Bertz CT molecular complexity index is 668. The zero-order valence-corrected chi connectivity index (χ0v) is 17.0. The van der Waals surface area contributed by atoms with Crippen LogP contribution in [0.2, 0.25) is 0 Å². The van der Waals surface area contributed by atoms with Crippen molar-refractivity contribution in [3.63, 3.8) is 0 Å². The largest absolute Gasteiger partial charge is 0.312 e. The molecule has 3 aliphatic rings. The van der Waals surface area contributed by atoms with Gasteiger partial charge in [-0.15, -0.1) is 0 Å². The van der Waals surface area contributed by atoms with Crippen LogP contribution in [0.1, 0.15) is 49.3 Å². The van der Waals surface area contributed by atoms with Gasteiger partial charge in [-0.25, -0.2) is 0 Å². The Morgan fingerprint density at radius 1 is 1.08 bits per heavy atom. The standard InChI is InChI=1S/C21H33N3OS/c1-26-11-5-10-23-13-17-12-19(16-23)20-7-6-18(21(25)24(20)14-17)15-22-8-3-2-4-9-22/h6-7,17,19H,2-5,8-16H2,1H3/t17-,19+/m0/s1. The Morgan fingerprint density at radius 2 is 1.92 bits per heavy atom. The first-order valence-corrected chi connectivity index (χ1v) is 11.8. The van der Waals surface area contributed by atoms with Gasteiger partial charge in [-0.1, -0.05) is 12.5 Å². The summed E-state index contributed by atoms with van der Waals surface area (Å²) in [5, 5.41) is 0. The van der Waals surface area contributed by atoms with Crippen LogP contribution >= 0.6 is 11.8 Å². The molecule has 0 radical (unpaired) electrons. The monoisotopic (exact) mass is 375 g/mol. The molecule has 144 valence electrons. The third kappa shape index (κ3) is 4.05. The van der Waals surface area contributed by atoms with Crippen molar-refractivity contribution in [3.05, 3.63) is 33.7 Å². The van der Waals surface area contributed by atoms with Crippen LogP contribution in [0.4, 0.5) is 0 Å². The lowest BCUT2D eigenvalue weighted by molar-refractivity contribution is 0.120. The van der Waals surface area contributed by atoms with Crippen molar-refractivity contribution in [1.82, 2.24) is 14.4 Å². The summed E-state index contributed by atoms with van der Waals surface area (Å²) < 4.78 is 2.14. The number of aromatic nitrogens is 1. The van der Waals surface area contributed by atoms with Crippen LogP contribution in [-0.4, -0.2) is 59.1 Å². The first-order valence-electron chi connectivity index (χ1n) is 10.4. The van der Waals surface area contributed by atoms with Gasteiger partial charge in [0.25, 0.3) is 5.56 Å². The molecule has 5 heteroatoms. The van der Waals surface area contributed by atoms with Crippen LogP contribution in [-0.2, 0) is 13.1 Å². The van der Waals surface area contributed by atoms with Gasteiger partial charge in [0, 0.05) is 43.4 Å². The highest BCUT2D eigenvalue weighted by Gasteiger charge is 2.34. The van der Waals surface area contributed by atoms with E-state index in [-0.39, 0.29) is 0 Å². The van der Waals surface area contributed by atoms with Gasteiger partial charge in [-0.2, -0.15) is 11.8 Å². The smallest absolute Gasteiger partial charge is 0.255 e. The lowest BCUT2D eigenvalue weighted by atomic mass is 9.83. The molecule has 2 saturated heterocycles. The quantitative estimate of drug-likeness (QED) is 0.715.